The molecular formula is C33H61INO6P. The molecule has 2 atom stereocenters. The third-order valence-corrected chi connectivity index (χ3v) is 9.17. The van der Waals surface area contributed by atoms with E-state index in [1.165, 1.54) is 113 Å². The highest BCUT2D eigenvalue weighted by atomic mass is 124. The number of quaternary nitrogens is 1. The number of unbranched alkanes of at least 4 members (excludes halogenated alkanes) is 15. The van der Waals surface area contributed by atoms with Crippen molar-refractivity contribution in [3.8, 4) is 0 Å². The Bertz CT molecular complexity index is 805. The smallest absolute Gasteiger partial charge is 0.268 e. The monoisotopic (exact) mass is 722 g/mol. The summed E-state index contributed by atoms with van der Waals surface area (Å²) in [5, 5.41) is 0. The minimum atomic E-state index is -4.33. The van der Waals surface area contributed by atoms with Crippen LogP contribution in [0.5, 0.6) is 0 Å². The molecule has 0 aromatic heterocycles. The Hall–Kier alpha value is -0.0600. The molecule has 0 heterocycles. The van der Waals surface area contributed by atoms with Crippen molar-refractivity contribution >= 4 is 30.4 Å². The van der Waals surface area contributed by atoms with Crippen molar-refractivity contribution < 1.29 is 32.5 Å². The van der Waals surface area contributed by atoms with Crippen LogP contribution in [-0.4, -0.2) is 71.8 Å². The molecule has 1 aromatic rings. The summed E-state index contributed by atoms with van der Waals surface area (Å²) >= 11 is 2.37. The van der Waals surface area contributed by atoms with E-state index in [0.717, 1.165) is 12.8 Å². The van der Waals surface area contributed by atoms with E-state index in [4.69, 9.17) is 18.5 Å². The lowest BCUT2D eigenvalue weighted by molar-refractivity contribution is -0.870. The van der Waals surface area contributed by atoms with Gasteiger partial charge in [-0.25, -0.2) is 0 Å². The predicted octanol–water partition coefficient (Wildman–Crippen LogP) is 8.31. The molecule has 0 radical (unpaired) electrons. The fourth-order valence-electron chi connectivity index (χ4n) is 4.70. The Morgan fingerprint density at radius 2 is 1.19 bits per heavy atom. The predicted molar refractivity (Wildman–Crippen MR) is 181 cm³/mol. The van der Waals surface area contributed by atoms with Crippen LogP contribution < -0.4 is 4.89 Å². The number of aryl methyl sites for hydroxylation is 1. The minimum absolute atomic E-state index is 0.0921. The number of phosphoric ester groups is 1. The summed E-state index contributed by atoms with van der Waals surface area (Å²) in [6.45, 7) is 1.53. The SMILES string of the molecule is COC(COCCCCCCCCCCCCCCCCCCc1ccc([124I])cc1)COP(=O)([O-])OCC[N+](C)(C)C. The van der Waals surface area contributed by atoms with Gasteiger partial charge in [0, 0.05) is 17.3 Å². The van der Waals surface area contributed by atoms with Crippen LogP contribution in [0.25, 0.3) is 0 Å². The van der Waals surface area contributed by atoms with Gasteiger partial charge in [0.15, 0.2) is 0 Å². The summed E-state index contributed by atoms with van der Waals surface area (Å²) in [5.41, 5.74) is 1.48. The molecule has 0 aliphatic heterocycles. The van der Waals surface area contributed by atoms with Gasteiger partial charge in [-0.3, -0.25) is 4.57 Å². The number of hydrogen-bond acceptors (Lipinski definition) is 6. The van der Waals surface area contributed by atoms with Crippen molar-refractivity contribution in [2.75, 3.05) is 61.2 Å². The molecule has 0 saturated carbocycles. The van der Waals surface area contributed by atoms with Crippen molar-refractivity contribution in [1.29, 1.82) is 0 Å². The third kappa shape index (κ3) is 25.3. The number of nitrogens with zero attached hydrogens (tertiary/aromatic N) is 1. The van der Waals surface area contributed by atoms with Crippen molar-refractivity contribution in [1.82, 2.24) is 0 Å². The van der Waals surface area contributed by atoms with Gasteiger partial charge in [-0.2, -0.15) is 0 Å². The molecule has 9 heteroatoms. The van der Waals surface area contributed by atoms with Gasteiger partial charge in [0.05, 0.1) is 34.4 Å². The summed E-state index contributed by atoms with van der Waals surface area (Å²) < 4.78 is 34.7. The number of ether oxygens (including phenoxy) is 2. The lowest BCUT2D eigenvalue weighted by Gasteiger charge is -2.28. The lowest BCUT2D eigenvalue weighted by atomic mass is 10.0. The van der Waals surface area contributed by atoms with Gasteiger partial charge in [-0.05, 0) is 59.5 Å². The van der Waals surface area contributed by atoms with Crippen LogP contribution in [0, 0.1) is 3.57 Å². The Kier molecular flexibility index (Phi) is 23.9. The van der Waals surface area contributed by atoms with E-state index in [1.807, 2.05) is 21.1 Å². The molecule has 0 amide bonds. The van der Waals surface area contributed by atoms with Crippen molar-refractivity contribution in [3.63, 3.8) is 0 Å². The number of phosphoric acid groups is 1. The quantitative estimate of drug-likeness (QED) is 0.0359. The zero-order valence-corrected chi connectivity index (χ0v) is 30.2. The maximum Gasteiger partial charge on any atom is 0.268 e. The summed E-state index contributed by atoms with van der Waals surface area (Å²) in [7, 11) is 3.11. The van der Waals surface area contributed by atoms with Crippen LogP contribution in [0.1, 0.15) is 108 Å². The van der Waals surface area contributed by atoms with E-state index in [0.29, 0.717) is 24.2 Å². The number of benzene rings is 1. The van der Waals surface area contributed by atoms with Crippen LogP contribution in [-0.2, 0) is 29.5 Å². The summed E-state index contributed by atoms with van der Waals surface area (Å²) in [5.74, 6) is 0. The summed E-state index contributed by atoms with van der Waals surface area (Å²) in [6.07, 6.45) is 22.0. The number of hydrogen-bond donors (Lipinski definition) is 0. The normalized spacial score (nSPS) is 14.2. The fourth-order valence-corrected chi connectivity index (χ4v) is 5.78. The molecule has 246 valence electrons. The first kappa shape index (κ1) is 40.0. The highest BCUT2D eigenvalue weighted by Crippen LogP contribution is 2.38. The average Bonchev–Trinajstić information content (AvgIpc) is 2.93. The maximum atomic E-state index is 11.9. The zero-order valence-electron chi connectivity index (χ0n) is 27.2. The lowest BCUT2D eigenvalue weighted by Crippen LogP contribution is -2.37. The standard InChI is InChI=1S/C33H61INO6P/c1-35(2,3)26-28-40-42(36,37)41-30-33(38-4)29-39-27-20-18-16-14-12-10-8-6-5-7-9-11-13-15-17-19-21-31-22-24-32(34)25-23-31/h22-25,33H,5-21,26-30H2,1-4H3/i34-3. The van der Waals surface area contributed by atoms with Crippen LogP contribution in [0.4, 0.5) is 0 Å². The van der Waals surface area contributed by atoms with Gasteiger partial charge >= 0.3 is 0 Å². The van der Waals surface area contributed by atoms with Crippen molar-refractivity contribution in [2.45, 2.75) is 115 Å². The highest BCUT2D eigenvalue weighted by Gasteiger charge is 2.17. The van der Waals surface area contributed by atoms with Gasteiger partial charge in [-0.1, -0.05) is 102 Å². The first-order valence-electron chi connectivity index (χ1n) is 16.4. The largest absolute Gasteiger partial charge is 0.756 e. The van der Waals surface area contributed by atoms with Gasteiger partial charge in [0.25, 0.3) is 7.82 Å². The Labute approximate surface area is 271 Å². The second-order valence-electron chi connectivity index (χ2n) is 12.6. The van der Waals surface area contributed by atoms with E-state index < -0.39 is 13.9 Å². The van der Waals surface area contributed by atoms with E-state index in [-0.39, 0.29) is 13.2 Å². The van der Waals surface area contributed by atoms with Gasteiger partial charge in [-0.15, -0.1) is 0 Å². The van der Waals surface area contributed by atoms with Crippen LogP contribution in [0.15, 0.2) is 24.3 Å². The molecule has 7 nitrogen and oxygen atoms in total. The molecule has 1 aromatic carbocycles. The van der Waals surface area contributed by atoms with E-state index >= 15 is 0 Å². The van der Waals surface area contributed by atoms with Crippen LogP contribution in [0.3, 0.4) is 0 Å². The fraction of sp³-hybridized carbons (Fsp3) is 0.818. The zero-order chi connectivity index (χ0) is 30.9. The second-order valence-corrected chi connectivity index (χ2v) is 15.2. The molecular weight excluding hydrogens is 661 g/mol. The minimum Gasteiger partial charge on any atom is -0.756 e. The van der Waals surface area contributed by atoms with Crippen LogP contribution >= 0.6 is 30.4 Å². The molecule has 0 aliphatic carbocycles. The average molecular weight is 723 g/mol. The third-order valence-electron chi connectivity index (χ3n) is 7.48. The molecule has 2 unspecified atom stereocenters. The van der Waals surface area contributed by atoms with E-state index in [2.05, 4.69) is 46.9 Å². The molecule has 42 heavy (non-hydrogen) atoms. The van der Waals surface area contributed by atoms with Crippen molar-refractivity contribution in [3.05, 3.63) is 33.4 Å². The molecule has 0 aliphatic rings. The van der Waals surface area contributed by atoms with Crippen molar-refractivity contribution in [2.24, 2.45) is 0 Å². The first-order chi connectivity index (χ1) is 20.1. The number of likely N-dealkylation sites (N-methyl/N-ethyl adjacent to an activating group) is 1. The highest BCUT2D eigenvalue weighted by molar-refractivity contribution is 14.1. The second kappa shape index (κ2) is 25.2. The molecule has 0 bridgehead atoms. The summed E-state index contributed by atoms with van der Waals surface area (Å²) in [4.78, 5) is 11.9. The van der Waals surface area contributed by atoms with Gasteiger partial charge in [0.2, 0.25) is 0 Å². The van der Waals surface area contributed by atoms with Gasteiger partial charge < -0.3 is 27.9 Å². The molecule has 0 saturated heterocycles. The molecule has 0 fully saturated rings. The number of halogens is 1. The first-order valence-corrected chi connectivity index (χ1v) is 18.9. The van der Waals surface area contributed by atoms with E-state index in [1.54, 1.807) is 0 Å². The Balaban J connectivity index is 1.82. The molecule has 0 spiro atoms. The topological polar surface area (TPSA) is 77.1 Å². The Morgan fingerprint density at radius 1 is 0.714 bits per heavy atom. The van der Waals surface area contributed by atoms with Gasteiger partial charge in [0.1, 0.15) is 19.3 Å². The maximum absolute atomic E-state index is 11.9. The van der Waals surface area contributed by atoms with Crippen LogP contribution in [0.2, 0.25) is 0 Å². The Morgan fingerprint density at radius 3 is 1.67 bits per heavy atom. The summed E-state index contributed by atoms with van der Waals surface area (Å²) in [6, 6.07) is 8.96. The number of rotatable bonds is 29. The molecule has 1 rings (SSSR count). The van der Waals surface area contributed by atoms with E-state index in [9.17, 15) is 9.46 Å². The number of methoxy groups -OCH3 is 1. The molecule has 0 N–H and O–H groups in total.